The zero-order chi connectivity index (χ0) is 19.7. The van der Waals surface area contributed by atoms with E-state index in [1.165, 1.54) is 4.68 Å². The Bertz CT molecular complexity index is 999. The third-order valence-electron chi connectivity index (χ3n) is 4.58. The van der Waals surface area contributed by atoms with Crippen molar-refractivity contribution >= 4 is 29.1 Å². The Labute approximate surface area is 166 Å². The summed E-state index contributed by atoms with van der Waals surface area (Å²) in [5, 5.41) is 17.7. The number of halogens is 2. The highest BCUT2D eigenvalue weighted by Gasteiger charge is 2.22. The number of aryl methyl sites for hydroxylation is 1. The standard InChI is InChI=1S/C18H20ClFN8/c1-10-8-15(21-2)25-18(23-10)24-13-6-5-11(19)17(16(13)20)28-9-14(26-27-28)12-4-3-7-22-12/h5-6,8-9,12,22H,3-4,7H2,1-2H3,(H2,21,23,24,25). The number of benzene rings is 1. The predicted molar refractivity (Wildman–Crippen MR) is 106 cm³/mol. The molecule has 8 nitrogen and oxygen atoms in total. The number of hydrogen-bond donors (Lipinski definition) is 3. The normalized spacial score (nSPS) is 16.4. The highest BCUT2D eigenvalue weighted by atomic mass is 35.5. The Kier molecular flexibility index (Phi) is 5.10. The van der Waals surface area contributed by atoms with Crippen LogP contribution in [0.1, 0.15) is 30.3 Å². The number of aromatic nitrogens is 5. The maximum Gasteiger partial charge on any atom is 0.229 e. The van der Waals surface area contributed by atoms with Gasteiger partial charge in [0.25, 0.3) is 0 Å². The van der Waals surface area contributed by atoms with Gasteiger partial charge in [-0.1, -0.05) is 16.8 Å². The van der Waals surface area contributed by atoms with E-state index >= 15 is 4.39 Å². The van der Waals surface area contributed by atoms with Crippen molar-refractivity contribution in [2.24, 2.45) is 0 Å². The van der Waals surface area contributed by atoms with Gasteiger partial charge < -0.3 is 16.0 Å². The minimum absolute atomic E-state index is 0.130. The topological polar surface area (TPSA) is 92.6 Å². The van der Waals surface area contributed by atoms with Gasteiger partial charge in [-0.25, -0.2) is 14.1 Å². The van der Waals surface area contributed by atoms with Crippen LogP contribution in [0, 0.1) is 12.7 Å². The summed E-state index contributed by atoms with van der Waals surface area (Å²) in [6.45, 7) is 2.78. The molecule has 1 saturated heterocycles. The summed E-state index contributed by atoms with van der Waals surface area (Å²) in [4.78, 5) is 8.59. The molecule has 0 aliphatic carbocycles. The Hall–Kier alpha value is -2.78. The lowest BCUT2D eigenvalue weighted by atomic mass is 10.2. The zero-order valence-electron chi connectivity index (χ0n) is 15.5. The molecular weight excluding hydrogens is 383 g/mol. The average Bonchev–Trinajstić information content (AvgIpc) is 3.35. The molecule has 2 aromatic heterocycles. The van der Waals surface area contributed by atoms with Gasteiger partial charge in [-0.2, -0.15) is 4.98 Å². The van der Waals surface area contributed by atoms with Crippen LogP contribution >= 0.6 is 11.6 Å². The molecule has 3 N–H and O–H groups in total. The van der Waals surface area contributed by atoms with Crippen molar-refractivity contribution in [1.29, 1.82) is 0 Å². The summed E-state index contributed by atoms with van der Waals surface area (Å²) in [6, 6.07) is 5.08. The van der Waals surface area contributed by atoms with Crippen LogP contribution in [0.3, 0.4) is 0 Å². The molecule has 1 aliphatic rings. The van der Waals surface area contributed by atoms with Crippen molar-refractivity contribution in [2.45, 2.75) is 25.8 Å². The molecule has 28 heavy (non-hydrogen) atoms. The largest absolute Gasteiger partial charge is 0.373 e. The smallest absolute Gasteiger partial charge is 0.229 e. The first-order valence-electron chi connectivity index (χ1n) is 8.99. The number of nitrogens with zero attached hydrogens (tertiary/aromatic N) is 5. The molecular formula is C18H20ClFN8. The van der Waals surface area contributed by atoms with Crippen molar-refractivity contribution < 1.29 is 4.39 Å². The van der Waals surface area contributed by atoms with Crippen molar-refractivity contribution in [3.05, 3.63) is 46.6 Å². The molecule has 3 aromatic rings. The summed E-state index contributed by atoms with van der Waals surface area (Å²) in [6.07, 6.45) is 3.77. The zero-order valence-corrected chi connectivity index (χ0v) is 16.3. The van der Waals surface area contributed by atoms with Crippen LogP contribution in [0.25, 0.3) is 5.69 Å². The Balaban J connectivity index is 1.67. The van der Waals surface area contributed by atoms with Crippen molar-refractivity contribution in [2.75, 3.05) is 24.2 Å². The van der Waals surface area contributed by atoms with E-state index in [0.717, 1.165) is 30.8 Å². The molecule has 1 fully saturated rings. The molecule has 0 spiro atoms. The molecule has 0 amide bonds. The first-order chi connectivity index (χ1) is 13.5. The second kappa shape index (κ2) is 7.69. The number of anilines is 3. The van der Waals surface area contributed by atoms with Crippen molar-refractivity contribution in [1.82, 2.24) is 30.3 Å². The number of nitrogens with one attached hydrogen (secondary N) is 3. The van der Waals surface area contributed by atoms with Crippen LogP contribution in [-0.4, -0.2) is 38.6 Å². The number of rotatable bonds is 5. The third kappa shape index (κ3) is 3.63. The van der Waals surface area contributed by atoms with Crippen LogP contribution in [0.2, 0.25) is 5.02 Å². The van der Waals surface area contributed by atoms with Crippen molar-refractivity contribution in [3.63, 3.8) is 0 Å². The molecule has 1 aliphatic heterocycles. The van der Waals surface area contributed by atoms with E-state index in [4.69, 9.17) is 11.6 Å². The molecule has 3 heterocycles. The molecule has 4 rings (SSSR count). The monoisotopic (exact) mass is 402 g/mol. The van der Waals surface area contributed by atoms with Gasteiger partial charge in [0.1, 0.15) is 17.2 Å². The van der Waals surface area contributed by atoms with E-state index < -0.39 is 5.82 Å². The lowest BCUT2D eigenvalue weighted by molar-refractivity contribution is 0.610. The maximum atomic E-state index is 15.3. The Morgan fingerprint density at radius 2 is 2.18 bits per heavy atom. The fraction of sp³-hybridized carbons (Fsp3) is 0.333. The molecule has 1 unspecified atom stereocenters. The minimum atomic E-state index is -0.556. The second-order valence-corrected chi connectivity index (χ2v) is 6.99. The van der Waals surface area contributed by atoms with E-state index in [9.17, 15) is 0 Å². The van der Waals surface area contributed by atoms with Gasteiger partial charge in [-0.3, -0.25) is 0 Å². The lowest BCUT2D eigenvalue weighted by Crippen LogP contribution is -2.13. The molecule has 1 aromatic carbocycles. The summed E-state index contributed by atoms with van der Waals surface area (Å²) >= 11 is 6.27. The summed E-state index contributed by atoms with van der Waals surface area (Å²) < 4.78 is 16.6. The van der Waals surface area contributed by atoms with Gasteiger partial charge >= 0.3 is 0 Å². The van der Waals surface area contributed by atoms with E-state index in [-0.39, 0.29) is 28.4 Å². The van der Waals surface area contributed by atoms with Crippen LogP contribution in [0.5, 0.6) is 0 Å². The fourth-order valence-corrected chi connectivity index (χ4v) is 3.44. The first-order valence-corrected chi connectivity index (χ1v) is 9.37. The molecule has 146 valence electrons. The SMILES string of the molecule is CNc1cc(C)nc(Nc2ccc(Cl)c(-n3cc(C4CCCN4)nn3)c2F)n1. The summed E-state index contributed by atoms with van der Waals surface area (Å²) in [5.41, 5.74) is 1.85. The van der Waals surface area contributed by atoms with Crippen LogP contribution < -0.4 is 16.0 Å². The average molecular weight is 403 g/mol. The van der Waals surface area contributed by atoms with E-state index in [2.05, 4.69) is 36.2 Å². The minimum Gasteiger partial charge on any atom is -0.373 e. The highest BCUT2D eigenvalue weighted by Crippen LogP contribution is 2.31. The maximum absolute atomic E-state index is 15.3. The second-order valence-electron chi connectivity index (χ2n) is 6.59. The Morgan fingerprint density at radius 1 is 1.32 bits per heavy atom. The summed E-state index contributed by atoms with van der Waals surface area (Å²) in [7, 11) is 1.76. The molecule has 1 atom stereocenters. The highest BCUT2D eigenvalue weighted by molar-refractivity contribution is 6.32. The Morgan fingerprint density at radius 3 is 2.93 bits per heavy atom. The number of hydrogen-bond acceptors (Lipinski definition) is 7. The van der Waals surface area contributed by atoms with Crippen LogP contribution in [0.4, 0.5) is 21.8 Å². The first kappa shape index (κ1) is 18.6. The van der Waals surface area contributed by atoms with Gasteiger partial charge in [0.2, 0.25) is 5.95 Å². The van der Waals surface area contributed by atoms with Gasteiger partial charge in [0.15, 0.2) is 5.82 Å². The molecule has 10 heteroatoms. The van der Waals surface area contributed by atoms with E-state index in [1.54, 1.807) is 31.4 Å². The molecule has 0 saturated carbocycles. The summed E-state index contributed by atoms with van der Waals surface area (Å²) in [5.74, 6) is 0.361. The molecule has 0 bridgehead atoms. The fourth-order valence-electron chi connectivity index (χ4n) is 3.20. The van der Waals surface area contributed by atoms with Gasteiger partial charge in [0.05, 0.1) is 22.9 Å². The van der Waals surface area contributed by atoms with Gasteiger partial charge in [-0.15, -0.1) is 5.10 Å². The van der Waals surface area contributed by atoms with Gasteiger partial charge in [-0.05, 0) is 38.4 Å². The predicted octanol–water partition coefficient (Wildman–Crippen LogP) is 3.37. The van der Waals surface area contributed by atoms with E-state index in [1.807, 2.05) is 6.92 Å². The van der Waals surface area contributed by atoms with Crippen molar-refractivity contribution in [3.8, 4) is 5.69 Å². The van der Waals surface area contributed by atoms with E-state index in [0.29, 0.717) is 5.82 Å². The van der Waals surface area contributed by atoms with Crippen LogP contribution in [0.15, 0.2) is 24.4 Å². The van der Waals surface area contributed by atoms with Gasteiger partial charge in [0, 0.05) is 18.8 Å². The lowest BCUT2D eigenvalue weighted by Gasteiger charge is -2.12. The molecule has 0 radical (unpaired) electrons. The quantitative estimate of drug-likeness (QED) is 0.602. The van der Waals surface area contributed by atoms with Crippen LogP contribution in [-0.2, 0) is 0 Å². The third-order valence-corrected chi connectivity index (χ3v) is 4.89.